The van der Waals surface area contributed by atoms with Gasteiger partial charge in [-0.25, -0.2) is 0 Å². The van der Waals surface area contributed by atoms with Crippen LogP contribution in [0.4, 0.5) is 0 Å². The van der Waals surface area contributed by atoms with Crippen molar-refractivity contribution in [2.45, 2.75) is 115 Å². The number of rotatable bonds is 9. The van der Waals surface area contributed by atoms with Crippen molar-refractivity contribution in [1.82, 2.24) is 16.0 Å². The molecule has 4 bridgehead atoms. The highest BCUT2D eigenvalue weighted by atomic mass is 16.5. The van der Waals surface area contributed by atoms with Gasteiger partial charge >= 0.3 is 5.97 Å². The molecule has 3 aliphatic rings. The van der Waals surface area contributed by atoms with Crippen molar-refractivity contribution >= 4 is 11.9 Å². The summed E-state index contributed by atoms with van der Waals surface area (Å²) in [6, 6.07) is 3.63. The zero-order valence-corrected chi connectivity index (χ0v) is 28.8. The minimum absolute atomic E-state index is 0.0154. The lowest BCUT2D eigenvalue weighted by Gasteiger charge is -2.36. The van der Waals surface area contributed by atoms with Gasteiger partial charge in [0.25, 0.3) is 0 Å². The summed E-state index contributed by atoms with van der Waals surface area (Å²) < 4.78 is 12.4. The van der Waals surface area contributed by atoms with Crippen LogP contribution < -0.4 is 26.4 Å². The molecule has 4 rings (SSSR count). The topological polar surface area (TPSA) is 191 Å². The van der Waals surface area contributed by atoms with Crippen molar-refractivity contribution in [1.29, 1.82) is 0 Å². The van der Waals surface area contributed by atoms with Crippen LogP contribution >= 0.6 is 0 Å². The van der Waals surface area contributed by atoms with E-state index in [1.54, 1.807) is 20.0 Å². The lowest BCUT2D eigenvalue weighted by molar-refractivity contribution is -0.152. The van der Waals surface area contributed by atoms with Gasteiger partial charge in [-0.3, -0.25) is 9.79 Å². The SMILES string of the molecule is CN=C(N)NC[C@@]1(CCNC[C@H](C)O)C#C[C@H]2CCC[C@H]3C[C@H](CCN3)Oc3cc(c(CO)cc3O)C[C@H]2[C@@H](OC(C)=O)C[C@@H](O)CC1. The third-order valence-corrected chi connectivity index (χ3v) is 10.1. The number of nitrogens with one attached hydrogen (secondary N) is 3. The maximum absolute atomic E-state index is 12.5. The number of aliphatic hydroxyl groups is 3. The Labute approximate surface area is 285 Å². The summed E-state index contributed by atoms with van der Waals surface area (Å²) >= 11 is 0. The standard InChI is InChI=1S/C36H57N5O7/c1-23(43)20-39-14-12-36(22-41-35(37)38-3)10-7-25-5-4-6-28-18-30(9-13-40-28)48-34-17-26(27(21-42)16-32(34)46)15-31(25)33(47-24(2)44)19-29(45)8-11-36/h16-17,23,25,28-31,33,39-40,42-43,45-46H,4-6,8-9,11-15,18-22H2,1-3H3,(H3,37,38,41)/t23-,25+,28-,29-,30-,31+,33-,36-/m0/s1. The van der Waals surface area contributed by atoms with E-state index < -0.39 is 29.7 Å². The highest BCUT2D eigenvalue weighted by Gasteiger charge is 2.37. The Balaban J connectivity index is 1.82. The second-order valence-corrected chi connectivity index (χ2v) is 14.0. The molecule has 0 aromatic heterocycles. The maximum atomic E-state index is 12.5. The van der Waals surface area contributed by atoms with Crippen LogP contribution in [0, 0.1) is 29.1 Å². The number of esters is 1. The molecule has 1 aliphatic carbocycles. The summed E-state index contributed by atoms with van der Waals surface area (Å²) in [7, 11) is 1.62. The number of ether oxygens (including phenoxy) is 2. The highest BCUT2D eigenvalue weighted by Crippen LogP contribution is 2.39. The van der Waals surface area contributed by atoms with Gasteiger partial charge < -0.3 is 51.6 Å². The van der Waals surface area contributed by atoms with Crippen molar-refractivity contribution in [3.8, 4) is 23.3 Å². The highest BCUT2D eigenvalue weighted by molar-refractivity contribution is 5.77. The van der Waals surface area contributed by atoms with E-state index >= 15 is 0 Å². The summed E-state index contributed by atoms with van der Waals surface area (Å²) in [6.07, 6.45) is 4.56. The number of benzene rings is 1. The molecule has 2 aliphatic heterocycles. The van der Waals surface area contributed by atoms with E-state index in [4.69, 9.17) is 15.2 Å². The summed E-state index contributed by atoms with van der Waals surface area (Å²) in [6.45, 7) is 5.15. The van der Waals surface area contributed by atoms with Gasteiger partial charge in [-0.1, -0.05) is 18.3 Å². The molecule has 12 heteroatoms. The first-order valence-electron chi connectivity index (χ1n) is 17.6. The van der Waals surface area contributed by atoms with Gasteiger partial charge in [-0.2, -0.15) is 0 Å². The second-order valence-electron chi connectivity index (χ2n) is 14.0. The molecule has 12 nitrogen and oxygen atoms in total. The Morgan fingerprint density at radius 2 is 2.08 bits per heavy atom. The van der Waals surface area contributed by atoms with Gasteiger partial charge in [-0.15, -0.1) is 0 Å². The number of guanidine groups is 1. The number of aromatic hydroxyl groups is 1. The fourth-order valence-corrected chi connectivity index (χ4v) is 7.37. The summed E-state index contributed by atoms with van der Waals surface area (Å²) in [4.78, 5) is 16.6. The summed E-state index contributed by atoms with van der Waals surface area (Å²) in [5, 5.41) is 52.7. The molecule has 48 heavy (non-hydrogen) atoms. The Hall–Kier alpha value is -3.08. The quantitative estimate of drug-likeness (QED) is 0.0627. The maximum Gasteiger partial charge on any atom is 0.302 e. The first-order valence-corrected chi connectivity index (χ1v) is 17.6. The summed E-state index contributed by atoms with van der Waals surface area (Å²) in [5.74, 6) is 7.07. The Morgan fingerprint density at radius 3 is 2.81 bits per heavy atom. The van der Waals surface area contributed by atoms with Crippen LogP contribution in [-0.2, 0) is 22.6 Å². The van der Waals surface area contributed by atoms with E-state index in [-0.39, 0.29) is 42.8 Å². The monoisotopic (exact) mass is 671 g/mol. The zero-order valence-electron chi connectivity index (χ0n) is 28.8. The van der Waals surface area contributed by atoms with Gasteiger partial charge in [0, 0.05) is 51.4 Å². The predicted molar refractivity (Wildman–Crippen MR) is 184 cm³/mol. The molecular formula is C36H57N5O7. The minimum Gasteiger partial charge on any atom is -0.504 e. The number of phenolic OH excluding ortho intramolecular Hbond substituents is 1. The molecule has 0 saturated carbocycles. The number of carbonyl (C=O) groups excluding carboxylic acids is 1. The molecule has 2 heterocycles. The van der Waals surface area contributed by atoms with Crippen LogP contribution in [0.1, 0.15) is 82.8 Å². The largest absolute Gasteiger partial charge is 0.504 e. The predicted octanol–water partition coefficient (Wildman–Crippen LogP) is 1.70. The Kier molecular flexibility index (Phi) is 14.2. The van der Waals surface area contributed by atoms with E-state index in [9.17, 15) is 25.2 Å². The van der Waals surface area contributed by atoms with Crippen LogP contribution in [0.5, 0.6) is 11.5 Å². The Morgan fingerprint density at radius 1 is 1.27 bits per heavy atom. The molecule has 8 atom stereocenters. The first-order chi connectivity index (χ1) is 23.0. The van der Waals surface area contributed by atoms with E-state index in [1.807, 2.05) is 6.07 Å². The number of carbonyl (C=O) groups is 1. The molecule has 1 fully saturated rings. The molecule has 0 spiro atoms. The van der Waals surface area contributed by atoms with Crippen LogP contribution in [0.3, 0.4) is 0 Å². The van der Waals surface area contributed by atoms with Gasteiger partial charge in [0.15, 0.2) is 17.5 Å². The lowest BCUT2D eigenvalue weighted by atomic mass is 9.73. The van der Waals surface area contributed by atoms with Crippen LogP contribution in [0.15, 0.2) is 17.1 Å². The average molecular weight is 672 g/mol. The number of phenols is 1. The third-order valence-electron chi connectivity index (χ3n) is 10.1. The second kappa shape index (κ2) is 18.1. The first kappa shape index (κ1) is 37.7. The fraction of sp³-hybridized carbons (Fsp3) is 0.722. The normalized spacial score (nSPS) is 30.4. The number of fused-ring (bicyclic) bond motifs is 5. The average Bonchev–Trinajstić information content (AvgIpc) is 3.05. The number of hydrogen-bond acceptors (Lipinski definition) is 10. The van der Waals surface area contributed by atoms with Crippen LogP contribution in [0.25, 0.3) is 0 Å². The number of nitrogens with zero attached hydrogens (tertiary/aromatic N) is 1. The minimum atomic E-state index is -0.763. The summed E-state index contributed by atoms with van der Waals surface area (Å²) in [5.41, 5.74) is 6.86. The van der Waals surface area contributed by atoms with Crippen molar-refractivity contribution in [2.24, 2.45) is 28.0 Å². The molecule has 1 aromatic carbocycles. The molecule has 0 radical (unpaired) electrons. The smallest absolute Gasteiger partial charge is 0.302 e. The number of hydrogen-bond donors (Lipinski definition) is 8. The zero-order chi connectivity index (χ0) is 34.7. The number of aliphatic imine (C=N–C) groups is 1. The molecule has 9 N–H and O–H groups in total. The van der Waals surface area contributed by atoms with E-state index in [0.717, 1.165) is 44.2 Å². The van der Waals surface area contributed by atoms with Gasteiger partial charge in [0.05, 0.1) is 24.2 Å². The van der Waals surface area contributed by atoms with Crippen molar-refractivity contribution < 1.29 is 34.7 Å². The molecule has 1 saturated heterocycles. The van der Waals surface area contributed by atoms with Crippen LogP contribution in [-0.4, -0.2) is 96.0 Å². The van der Waals surface area contributed by atoms with E-state index in [1.165, 1.54) is 6.92 Å². The molecule has 268 valence electrons. The van der Waals surface area contributed by atoms with Crippen molar-refractivity contribution in [3.63, 3.8) is 0 Å². The molecular weight excluding hydrogens is 614 g/mol. The number of aliphatic hydroxyl groups excluding tert-OH is 3. The molecule has 0 amide bonds. The fourth-order valence-electron chi connectivity index (χ4n) is 7.37. The van der Waals surface area contributed by atoms with Gasteiger partial charge in [0.1, 0.15) is 12.2 Å². The van der Waals surface area contributed by atoms with Gasteiger partial charge in [-0.05, 0) is 94.6 Å². The molecule has 1 aromatic rings. The van der Waals surface area contributed by atoms with Crippen molar-refractivity contribution in [3.05, 3.63) is 23.3 Å². The van der Waals surface area contributed by atoms with Gasteiger partial charge in [0.2, 0.25) is 0 Å². The number of piperidine rings is 1. The lowest BCUT2D eigenvalue weighted by Crippen LogP contribution is -2.43. The van der Waals surface area contributed by atoms with Crippen LogP contribution in [0.2, 0.25) is 0 Å². The number of nitrogens with two attached hydrogens (primary N) is 1. The Bertz CT molecular complexity index is 1300. The van der Waals surface area contributed by atoms with Crippen molar-refractivity contribution in [2.75, 3.05) is 33.2 Å². The van der Waals surface area contributed by atoms with E-state index in [0.29, 0.717) is 62.6 Å². The van der Waals surface area contributed by atoms with E-state index in [2.05, 4.69) is 32.8 Å². The third kappa shape index (κ3) is 11.0. The molecule has 0 unspecified atom stereocenters.